The third-order valence-electron chi connectivity index (χ3n) is 17.9. The van der Waals surface area contributed by atoms with Crippen LogP contribution in [0.2, 0.25) is 0 Å². The molecule has 0 amide bonds. The van der Waals surface area contributed by atoms with Crippen molar-refractivity contribution in [1.29, 1.82) is 0 Å². The third-order valence-corrected chi connectivity index (χ3v) is 17.9. The Bertz CT molecular complexity index is 1540. The molecular weight excluding hydrogens is 657 g/mol. The Labute approximate surface area is 328 Å². The average molecular weight is 729 g/mol. The summed E-state index contributed by atoms with van der Waals surface area (Å²) in [6, 6.07) is 4.58. The van der Waals surface area contributed by atoms with E-state index in [2.05, 4.69) is 81.2 Å². The first-order valence-corrected chi connectivity index (χ1v) is 23.9. The van der Waals surface area contributed by atoms with E-state index in [4.69, 9.17) is 0 Å². The van der Waals surface area contributed by atoms with Crippen LogP contribution >= 0.6 is 0 Å². The number of rotatable bonds is 5. The Morgan fingerprint density at radius 2 is 1.43 bits per heavy atom. The summed E-state index contributed by atoms with van der Waals surface area (Å²) in [6.45, 7) is 0. The minimum Gasteiger partial charge on any atom is -0.354 e. The van der Waals surface area contributed by atoms with Crippen molar-refractivity contribution >= 4 is 0 Å². The van der Waals surface area contributed by atoms with Crippen LogP contribution in [0.25, 0.3) is 0 Å². The highest BCUT2D eigenvalue weighted by molar-refractivity contribution is 5.31. The lowest BCUT2D eigenvalue weighted by Crippen LogP contribution is -2.73. The molecule has 2 N–H and O–H groups in total. The van der Waals surface area contributed by atoms with Gasteiger partial charge in [-0.15, -0.1) is 0 Å². The first kappa shape index (κ1) is 35.3. The van der Waals surface area contributed by atoms with Crippen molar-refractivity contribution in [3.05, 3.63) is 72.0 Å². The second-order valence-corrected chi connectivity index (χ2v) is 20.4. The molecule has 0 bridgehead atoms. The molecule has 3 saturated heterocycles. The molecule has 15 atom stereocenters. The molecule has 11 rings (SSSR count). The van der Waals surface area contributed by atoms with Crippen LogP contribution < -0.4 is 10.6 Å². The van der Waals surface area contributed by atoms with Gasteiger partial charge in [-0.25, -0.2) is 0 Å². The van der Waals surface area contributed by atoms with Gasteiger partial charge in [-0.3, -0.25) is 10.2 Å². The van der Waals surface area contributed by atoms with Crippen molar-refractivity contribution in [3.63, 3.8) is 0 Å². The van der Waals surface area contributed by atoms with Crippen LogP contribution in [0.15, 0.2) is 72.0 Å². The lowest BCUT2D eigenvalue weighted by molar-refractivity contribution is 0.0113. The molecule has 3 heterocycles. The van der Waals surface area contributed by atoms with Gasteiger partial charge in [-0.05, 0) is 145 Å². The van der Waals surface area contributed by atoms with Crippen LogP contribution in [0, 0.1) is 47.3 Å². The van der Waals surface area contributed by atoms with Crippen LogP contribution in [0.5, 0.6) is 0 Å². The quantitative estimate of drug-likeness (QED) is 0.276. The molecule has 4 nitrogen and oxygen atoms in total. The van der Waals surface area contributed by atoms with E-state index in [1.165, 1.54) is 141 Å². The maximum atomic E-state index is 4.50. The fraction of sp³-hybridized carbons (Fsp3) is 0.760. The Balaban J connectivity index is 0.894. The summed E-state index contributed by atoms with van der Waals surface area (Å²) in [7, 11) is 0. The van der Waals surface area contributed by atoms with E-state index >= 15 is 0 Å². The molecule has 3 aliphatic heterocycles. The molecule has 0 aromatic carbocycles. The number of piperazine rings is 1. The number of likely N-dealkylation sites (tertiary alicyclic amines) is 2. The molecule has 0 aromatic rings. The Morgan fingerprint density at radius 1 is 0.611 bits per heavy atom. The maximum Gasteiger partial charge on any atom is 0.0957 e. The van der Waals surface area contributed by atoms with Gasteiger partial charge in [0.2, 0.25) is 0 Å². The van der Waals surface area contributed by atoms with Gasteiger partial charge in [0.25, 0.3) is 0 Å². The summed E-state index contributed by atoms with van der Waals surface area (Å²) in [5, 5.41) is 8.98. The van der Waals surface area contributed by atoms with Gasteiger partial charge in [0, 0.05) is 59.8 Å². The first-order valence-electron chi connectivity index (χ1n) is 23.9. The monoisotopic (exact) mass is 729 g/mol. The second kappa shape index (κ2) is 15.1. The molecule has 0 spiro atoms. The molecule has 0 radical (unpaired) electrons. The minimum atomic E-state index is 0.421. The van der Waals surface area contributed by atoms with Crippen molar-refractivity contribution in [3.8, 4) is 0 Å². The number of fused-ring (bicyclic) bond motifs is 7. The zero-order valence-corrected chi connectivity index (χ0v) is 33.5. The van der Waals surface area contributed by atoms with Crippen molar-refractivity contribution in [2.24, 2.45) is 47.3 Å². The summed E-state index contributed by atoms with van der Waals surface area (Å²) in [4.78, 5) is 6.20. The molecule has 8 aliphatic carbocycles. The van der Waals surface area contributed by atoms with E-state index in [0.717, 1.165) is 47.6 Å². The third kappa shape index (κ3) is 6.16. The Kier molecular flexibility index (Phi) is 9.89. The average Bonchev–Trinajstić information content (AvgIpc) is 3.76. The van der Waals surface area contributed by atoms with Crippen LogP contribution in [0.3, 0.4) is 0 Å². The standard InChI is InChI=1S/C50H72N4/c1-3-15-33(16-4-1)37-19-7-8-22-40(37)49-50(52-44-24-12-11-23-43(44)51-49)54-46-26-14-10-21-39(46)42-32-35(28-30-48(42)54)34-27-29-47-41(31-34)38-20-9-13-25-45(38)53(47)36-17-5-2-6-18-36/h1,3,10-11,13,21,23,25,30-31,33,35-47,49-52H,2,4-9,12,14-20,22,24,26-29,32H2. The van der Waals surface area contributed by atoms with E-state index < -0.39 is 0 Å². The molecule has 5 fully saturated rings. The molecule has 54 heavy (non-hydrogen) atoms. The lowest BCUT2D eigenvalue weighted by atomic mass is 9.65. The first-order chi connectivity index (χ1) is 26.8. The summed E-state index contributed by atoms with van der Waals surface area (Å²) in [5.41, 5.74) is 3.63. The highest BCUT2D eigenvalue weighted by Crippen LogP contribution is 2.55. The zero-order chi connectivity index (χ0) is 35.6. The van der Waals surface area contributed by atoms with E-state index in [-0.39, 0.29) is 0 Å². The Morgan fingerprint density at radius 3 is 2.33 bits per heavy atom. The van der Waals surface area contributed by atoms with Gasteiger partial charge < -0.3 is 10.2 Å². The molecule has 2 saturated carbocycles. The SMILES string of the molecule is C1=CCC(C2CCCCC2C2NC3C=CCCC3NC2N2C3=CCC(C4=CC5C6CCC=CC6N(C6CCCCC6)C5CC4)CC3C3C=CCCC32)CC1. The largest absolute Gasteiger partial charge is 0.354 e. The zero-order valence-electron chi connectivity index (χ0n) is 33.5. The summed E-state index contributed by atoms with van der Waals surface area (Å²) in [5.74, 6) is 6.29. The highest BCUT2D eigenvalue weighted by atomic mass is 15.4. The van der Waals surface area contributed by atoms with Crippen molar-refractivity contribution in [2.75, 3.05) is 0 Å². The van der Waals surface area contributed by atoms with Crippen LogP contribution in [0.1, 0.15) is 141 Å². The molecular formula is C50H72N4. The van der Waals surface area contributed by atoms with E-state index in [1.54, 1.807) is 5.70 Å². The minimum absolute atomic E-state index is 0.421. The van der Waals surface area contributed by atoms with E-state index in [0.29, 0.717) is 48.2 Å². The predicted octanol–water partition coefficient (Wildman–Crippen LogP) is 10.4. The summed E-state index contributed by atoms with van der Waals surface area (Å²) in [6.07, 6.45) is 57.0. The van der Waals surface area contributed by atoms with Crippen LogP contribution in [0.4, 0.5) is 0 Å². The highest BCUT2D eigenvalue weighted by Gasteiger charge is 2.55. The number of nitrogens with one attached hydrogen (secondary N) is 2. The normalized spacial score (nSPS) is 47.6. The fourth-order valence-corrected chi connectivity index (χ4v) is 15.6. The van der Waals surface area contributed by atoms with Gasteiger partial charge in [-0.1, -0.05) is 98.4 Å². The number of nitrogens with zero attached hydrogens (tertiary/aromatic N) is 2. The van der Waals surface area contributed by atoms with Gasteiger partial charge in [-0.2, -0.15) is 0 Å². The van der Waals surface area contributed by atoms with Gasteiger partial charge in [0.05, 0.1) is 6.17 Å². The summed E-state index contributed by atoms with van der Waals surface area (Å²) >= 11 is 0. The molecule has 292 valence electrons. The predicted molar refractivity (Wildman–Crippen MR) is 222 cm³/mol. The van der Waals surface area contributed by atoms with Crippen molar-refractivity contribution in [2.45, 2.75) is 190 Å². The molecule has 4 heteroatoms. The van der Waals surface area contributed by atoms with Gasteiger partial charge >= 0.3 is 0 Å². The Hall–Kier alpha value is -1.88. The van der Waals surface area contributed by atoms with Crippen molar-refractivity contribution in [1.82, 2.24) is 20.4 Å². The van der Waals surface area contributed by atoms with E-state index in [1.807, 2.05) is 5.57 Å². The van der Waals surface area contributed by atoms with E-state index in [9.17, 15) is 0 Å². The van der Waals surface area contributed by atoms with Crippen LogP contribution in [-0.4, -0.2) is 58.3 Å². The maximum absolute atomic E-state index is 4.50. The van der Waals surface area contributed by atoms with Crippen molar-refractivity contribution < 1.29 is 0 Å². The number of hydrogen-bond acceptors (Lipinski definition) is 4. The summed E-state index contributed by atoms with van der Waals surface area (Å²) < 4.78 is 0. The topological polar surface area (TPSA) is 30.5 Å². The fourth-order valence-electron chi connectivity index (χ4n) is 15.6. The van der Waals surface area contributed by atoms with Gasteiger partial charge in [0.1, 0.15) is 0 Å². The van der Waals surface area contributed by atoms with Gasteiger partial charge in [0.15, 0.2) is 0 Å². The molecule has 15 unspecified atom stereocenters. The number of allylic oxidation sites excluding steroid dienone is 8. The van der Waals surface area contributed by atoms with Crippen LogP contribution in [-0.2, 0) is 0 Å². The smallest absolute Gasteiger partial charge is 0.0957 e. The molecule has 0 aromatic heterocycles. The lowest BCUT2D eigenvalue weighted by Gasteiger charge is -2.55. The number of hydrogen-bond donors (Lipinski definition) is 2. The second-order valence-electron chi connectivity index (χ2n) is 20.4. The molecule has 11 aliphatic rings.